The molecule has 1 aliphatic rings. The quantitative estimate of drug-likeness (QED) is 0.793. The van der Waals surface area contributed by atoms with E-state index in [4.69, 9.17) is 9.84 Å². The Labute approximate surface area is 94.4 Å². The number of aliphatic carboxylic acids is 1. The summed E-state index contributed by atoms with van der Waals surface area (Å²) in [6.07, 6.45) is 0.324. The molecule has 16 heavy (non-hydrogen) atoms. The van der Waals surface area contributed by atoms with E-state index in [-0.39, 0.29) is 18.6 Å². The number of benzene rings is 1. The minimum absolute atomic E-state index is 0.00215. The fourth-order valence-corrected chi connectivity index (χ4v) is 1.93. The van der Waals surface area contributed by atoms with E-state index < -0.39 is 5.97 Å². The predicted molar refractivity (Wildman–Crippen MR) is 60.1 cm³/mol. The van der Waals surface area contributed by atoms with Crippen LogP contribution in [0.2, 0.25) is 0 Å². The van der Waals surface area contributed by atoms with Gasteiger partial charge in [-0.1, -0.05) is 36.9 Å². The lowest BCUT2D eigenvalue weighted by atomic mass is 10.0. The second-order valence-electron chi connectivity index (χ2n) is 3.98. The number of ether oxygens (including phenoxy) is 1. The Hall–Kier alpha value is -1.61. The van der Waals surface area contributed by atoms with Crippen molar-refractivity contribution in [2.24, 2.45) is 0 Å². The highest BCUT2D eigenvalue weighted by molar-refractivity contribution is 5.68. The lowest BCUT2D eigenvalue weighted by Gasteiger charge is -2.12. The van der Waals surface area contributed by atoms with Crippen LogP contribution in [0.5, 0.6) is 0 Å². The molecule has 1 aliphatic heterocycles. The van der Waals surface area contributed by atoms with E-state index in [0.717, 1.165) is 11.1 Å². The molecule has 1 saturated heterocycles. The van der Waals surface area contributed by atoms with Crippen LogP contribution in [-0.2, 0) is 9.53 Å². The summed E-state index contributed by atoms with van der Waals surface area (Å²) < 4.78 is 5.69. The maximum absolute atomic E-state index is 10.6. The average Bonchev–Trinajstić information content (AvgIpc) is 2.61. The molecule has 3 heteroatoms. The Balaban J connectivity index is 2.07. The van der Waals surface area contributed by atoms with Gasteiger partial charge in [0, 0.05) is 6.42 Å². The van der Waals surface area contributed by atoms with Gasteiger partial charge in [-0.15, -0.1) is 0 Å². The SMILES string of the molecule is C=C1CC(c2ccccc2)OC1CC(=O)O. The van der Waals surface area contributed by atoms with Crippen LogP contribution in [0.15, 0.2) is 42.5 Å². The van der Waals surface area contributed by atoms with E-state index >= 15 is 0 Å². The van der Waals surface area contributed by atoms with Gasteiger partial charge in [0.15, 0.2) is 0 Å². The number of carbonyl (C=O) groups is 1. The summed E-state index contributed by atoms with van der Waals surface area (Å²) >= 11 is 0. The topological polar surface area (TPSA) is 46.5 Å². The summed E-state index contributed by atoms with van der Waals surface area (Å²) in [6, 6.07) is 9.82. The zero-order valence-electron chi connectivity index (χ0n) is 8.93. The highest BCUT2D eigenvalue weighted by Crippen LogP contribution is 2.36. The number of hydrogen-bond donors (Lipinski definition) is 1. The molecule has 0 saturated carbocycles. The summed E-state index contributed by atoms with van der Waals surface area (Å²) in [6.45, 7) is 3.88. The lowest BCUT2D eigenvalue weighted by molar-refractivity contribution is -0.139. The number of rotatable bonds is 3. The number of hydrogen-bond acceptors (Lipinski definition) is 2. The van der Waals surface area contributed by atoms with Crippen LogP contribution < -0.4 is 0 Å². The Bertz CT molecular complexity index is 397. The number of carboxylic acid groups (broad SMARTS) is 1. The molecule has 1 N–H and O–H groups in total. The molecule has 2 atom stereocenters. The van der Waals surface area contributed by atoms with E-state index in [1.807, 2.05) is 30.3 Å². The zero-order chi connectivity index (χ0) is 11.5. The Kier molecular flexibility index (Phi) is 3.06. The molecule has 0 bridgehead atoms. The molecular weight excluding hydrogens is 204 g/mol. The summed E-state index contributed by atoms with van der Waals surface area (Å²) in [5.41, 5.74) is 1.95. The smallest absolute Gasteiger partial charge is 0.306 e. The normalized spacial score (nSPS) is 24.6. The van der Waals surface area contributed by atoms with Crippen molar-refractivity contribution in [1.82, 2.24) is 0 Å². The minimum Gasteiger partial charge on any atom is -0.481 e. The third-order valence-corrected chi connectivity index (χ3v) is 2.76. The summed E-state index contributed by atoms with van der Waals surface area (Å²) in [4.78, 5) is 10.6. The van der Waals surface area contributed by atoms with Crippen molar-refractivity contribution in [2.75, 3.05) is 0 Å². The molecule has 0 radical (unpaired) electrons. The Morgan fingerprint density at radius 2 is 2.12 bits per heavy atom. The van der Waals surface area contributed by atoms with Crippen LogP contribution in [0.3, 0.4) is 0 Å². The van der Waals surface area contributed by atoms with Gasteiger partial charge in [-0.25, -0.2) is 0 Å². The maximum Gasteiger partial charge on any atom is 0.306 e. The standard InChI is InChI=1S/C13H14O3/c1-9-7-12(10-5-3-2-4-6-10)16-11(9)8-13(14)15/h2-6,11-12H,1,7-8H2,(H,14,15). The van der Waals surface area contributed by atoms with Crippen molar-refractivity contribution in [3.63, 3.8) is 0 Å². The lowest BCUT2D eigenvalue weighted by Crippen LogP contribution is -2.13. The third-order valence-electron chi connectivity index (χ3n) is 2.76. The van der Waals surface area contributed by atoms with E-state index in [1.165, 1.54) is 0 Å². The first kappa shape index (κ1) is 10.9. The zero-order valence-corrected chi connectivity index (χ0v) is 8.93. The van der Waals surface area contributed by atoms with Gasteiger partial charge in [-0.05, 0) is 11.1 Å². The highest BCUT2D eigenvalue weighted by Gasteiger charge is 2.30. The summed E-state index contributed by atoms with van der Waals surface area (Å²) in [7, 11) is 0. The van der Waals surface area contributed by atoms with E-state index in [2.05, 4.69) is 6.58 Å². The van der Waals surface area contributed by atoms with E-state index in [1.54, 1.807) is 0 Å². The van der Waals surface area contributed by atoms with Crippen LogP contribution in [-0.4, -0.2) is 17.2 Å². The first-order valence-electron chi connectivity index (χ1n) is 5.26. The molecular formula is C13H14O3. The fraction of sp³-hybridized carbons (Fsp3) is 0.308. The molecule has 0 aliphatic carbocycles. The molecule has 84 valence electrons. The van der Waals surface area contributed by atoms with Crippen LogP contribution in [0.1, 0.15) is 24.5 Å². The molecule has 1 fully saturated rings. The average molecular weight is 218 g/mol. The van der Waals surface area contributed by atoms with Crippen molar-refractivity contribution in [3.8, 4) is 0 Å². The number of carboxylic acids is 1. The van der Waals surface area contributed by atoms with E-state index in [9.17, 15) is 4.79 Å². The van der Waals surface area contributed by atoms with Crippen molar-refractivity contribution >= 4 is 5.97 Å². The van der Waals surface area contributed by atoms with Crippen molar-refractivity contribution in [3.05, 3.63) is 48.0 Å². The largest absolute Gasteiger partial charge is 0.481 e. The molecule has 0 amide bonds. The van der Waals surface area contributed by atoms with Crippen molar-refractivity contribution in [1.29, 1.82) is 0 Å². The molecule has 1 heterocycles. The van der Waals surface area contributed by atoms with E-state index in [0.29, 0.717) is 6.42 Å². The van der Waals surface area contributed by atoms with Gasteiger partial charge in [0.25, 0.3) is 0 Å². The van der Waals surface area contributed by atoms with Crippen LogP contribution >= 0.6 is 0 Å². The van der Waals surface area contributed by atoms with Gasteiger partial charge in [0.05, 0.1) is 18.6 Å². The Morgan fingerprint density at radius 1 is 1.44 bits per heavy atom. The summed E-state index contributed by atoms with van der Waals surface area (Å²) in [5, 5.41) is 8.73. The minimum atomic E-state index is -0.847. The van der Waals surface area contributed by atoms with Gasteiger partial charge >= 0.3 is 5.97 Å². The molecule has 1 aromatic carbocycles. The fourth-order valence-electron chi connectivity index (χ4n) is 1.93. The molecule has 1 aromatic rings. The Morgan fingerprint density at radius 3 is 2.75 bits per heavy atom. The van der Waals surface area contributed by atoms with Crippen LogP contribution in [0.4, 0.5) is 0 Å². The molecule has 2 rings (SSSR count). The second-order valence-corrected chi connectivity index (χ2v) is 3.98. The second kappa shape index (κ2) is 4.49. The monoisotopic (exact) mass is 218 g/mol. The molecule has 3 nitrogen and oxygen atoms in total. The molecule has 0 spiro atoms. The predicted octanol–water partition coefficient (Wildman–Crippen LogP) is 2.55. The molecule has 2 unspecified atom stereocenters. The maximum atomic E-state index is 10.6. The van der Waals surface area contributed by atoms with Gasteiger partial charge in [0.1, 0.15) is 0 Å². The first-order chi connectivity index (χ1) is 7.66. The van der Waals surface area contributed by atoms with Crippen LogP contribution in [0, 0.1) is 0 Å². The van der Waals surface area contributed by atoms with Crippen molar-refractivity contribution < 1.29 is 14.6 Å². The highest BCUT2D eigenvalue weighted by atomic mass is 16.5. The van der Waals surface area contributed by atoms with Gasteiger partial charge in [-0.3, -0.25) is 4.79 Å². The molecule has 0 aromatic heterocycles. The van der Waals surface area contributed by atoms with Gasteiger partial charge in [0.2, 0.25) is 0 Å². The third kappa shape index (κ3) is 2.31. The van der Waals surface area contributed by atoms with Gasteiger partial charge in [-0.2, -0.15) is 0 Å². The summed E-state index contributed by atoms with van der Waals surface area (Å²) in [5.74, 6) is -0.847. The van der Waals surface area contributed by atoms with Gasteiger partial charge < -0.3 is 9.84 Å². The first-order valence-corrected chi connectivity index (χ1v) is 5.26. The van der Waals surface area contributed by atoms with Crippen molar-refractivity contribution in [2.45, 2.75) is 25.0 Å². The van der Waals surface area contributed by atoms with Crippen LogP contribution in [0.25, 0.3) is 0 Å².